The molecule has 0 spiro atoms. The number of ether oxygens (including phenoxy) is 2. The Hall–Kier alpha value is -2.53. The Kier molecular flexibility index (Phi) is 5.01. The third-order valence-corrected chi connectivity index (χ3v) is 4.31. The third kappa shape index (κ3) is 3.51. The van der Waals surface area contributed by atoms with Crippen LogP contribution in [0.2, 0.25) is 0 Å². The van der Waals surface area contributed by atoms with Crippen LogP contribution in [0.4, 0.5) is 0 Å². The van der Waals surface area contributed by atoms with E-state index in [-0.39, 0.29) is 11.9 Å². The minimum atomic E-state index is -0.194. The van der Waals surface area contributed by atoms with Crippen molar-refractivity contribution in [1.29, 1.82) is 0 Å². The zero-order chi connectivity index (χ0) is 16.9. The largest absolute Gasteiger partial charge is 0.493 e. The molecule has 0 aromatic heterocycles. The van der Waals surface area contributed by atoms with Gasteiger partial charge in [-0.2, -0.15) is 0 Å². The Balaban J connectivity index is 1.60. The molecule has 5 nitrogen and oxygen atoms in total. The number of rotatable bonds is 5. The summed E-state index contributed by atoms with van der Waals surface area (Å²) in [6.07, 6.45) is 0.716. The number of fused-ring (bicyclic) bond motifs is 1. The molecular formula is C19H22N2O3. The van der Waals surface area contributed by atoms with E-state index in [1.165, 1.54) is 11.1 Å². The number of hydrogen-bond acceptors (Lipinski definition) is 4. The monoisotopic (exact) mass is 326 g/mol. The molecule has 2 N–H and O–H groups in total. The van der Waals surface area contributed by atoms with E-state index in [2.05, 4.69) is 22.8 Å². The zero-order valence-corrected chi connectivity index (χ0v) is 14.0. The molecule has 0 fully saturated rings. The minimum Gasteiger partial charge on any atom is -0.493 e. The second-order valence-electron chi connectivity index (χ2n) is 5.81. The fourth-order valence-electron chi connectivity index (χ4n) is 2.94. The van der Waals surface area contributed by atoms with Gasteiger partial charge in [-0.1, -0.05) is 30.3 Å². The first-order valence-corrected chi connectivity index (χ1v) is 8.00. The average Bonchev–Trinajstić information content (AvgIpc) is 2.65. The summed E-state index contributed by atoms with van der Waals surface area (Å²) in [6.45, 7) is 1.18. The number of methoxy groups -OCH3 is 2. The summed E-state index contributed by atoms with van der Waals surface area (Å²) in [4.78, 5) is 12.4. The SMILES string of the molecule is COc1ccc(CNC(=O)[C@H]2Cc3ccccc3CN2)cc1OC. The Morgan fingerprint density at radius 2 is 1.88 bits per heavy atom. The van der Waals surface area contributed by atoms with E-state index in [9.17, 15) is 4.79 Å². The number of carbonyl (C=O) groups excluding carboxylic acids is 1. The number of amides is 1. The molecule has 3 rings (SSSR count). The van der Waals surface area contributed by atoms with Crippen LogP contribution in [0.1, 0.15) is 16.7 Å². The van der Waals surface area contributed by atoms with Crippen LogP contribution in [-0.2, 0) is 24.3 Å². The van der Waals surface area contributed by atoms with Gasteiger partial charge in [-0.15, -0.1) is 0 Å². The highest BCUT2D eigenvalue weighted by Crippen LogP contribution is 2.27. The van der Waals surface area contributed by atoms with Crippen molar-refractivity contribution in [2.45, 2.75) is 25.6 Å². The molecule has 0 bridgehead atoms. The van der Waals surface area contributed by atoms with Crippen LogP contribution in [0.15, 0.2) is 42.5 Å². The van der Waals surface area contributed by atoms with Gasteiger partial charge in [0.2, 0.25) is 5.91 Å². The second kappa shape index (κ2) is 7.36. The molecule has 1 atom stereocenters. The summed E-state index contributed by atoms with van der Waals surface area (Å²) in [7, 11) is 3.20. The zero-order valence-electron chi connectivity index (χ0n) is 14.0. The van der Waals surface area contributed by atoms with Gasteiger partial charge >= 0.3 is 0 Å². The summed E-state index contributed by atoms with van der Waals surface area (Å²) in [5.74, 6) is 1.35. The molecule has 1 heterocycles. The lowest BCUT2D eigenvalue weighted by atomic mass is 9.95. The first-order chi connectivity index (χ1) is 11.7. The van der Waals surface area contributed by atoms with Crippen molar-refractivity contribution in [3.8, 4) is 11.5 Å². The molecule has 1 aliphatic heterocycles. The minimum absolute atomic E-state index is 0.0132. The van der Waals surface area contributed by atoms with Crippen molar-refractivity contribution >= 4 is 5.91 Å². The van der Waals surface area contributed by atoms with Gasteiger partial charge < -0.3 is 20.1 Å². The standard InChI is InChI=1S/C19H22N2O3/c1-23-17-8-7-13(9-18(17)24-2)11-21-19(22)16-10-14-5-3-4-6-15(14)12-20-16/h3-9,16,20H,10-12H2,1-2H3,(H,21,22)/t16-/m1/s1. The highest BCUT2D eigenvalue weighted by atomic mass is 16.5. The molecule has 0 radical (unpaired) electrons. The van der Waals surface area contributed by atoms with Crippen LogP contribution in [-0.4, -0.2) is 26.2 Å². The Morgan fingerprint density at radius 3 is 2.62 bits per heavy atom. The van der Waals surface area contributed by atoms with Gasteiger partial charge in [-0.05, 0) is 35.2 Å². The van der Waals surface area contributed by atoms with Crippen molar-refractivity contribution in [2.75, 3.05) is 14.2 Å². The highest BCUT2D eigenvalue weighted by molar-refractivity contribution is 5.82. The van der Waals surface area contributed by atoms with Gasteiger partial charge in [0.25, 0.3) is 0 Å². The molecule has 24 heavy (non-hydrogen) atoms. The number of benzene rings is 2. The van der Waals surface area contributed by atoms with Gasteiger partial charge in [0.05, 0.1) is 20.3 Å². The van der Waals surface area contributed by atoms with Gasteiger partial charge in [0, 0.05) is 13.1 Å². The number of hydrogen-bond donors (Lipinski definition) is 2. The van der Waals surface area contributed by atoms with E-state index in [1.807, 2.05) is 30.3 Å². The summed E-state index contributed by atoms with van der Waals surface area (Å²) < 4.78 is 10.5. The lowest BCUT2D eigenvalue weighted by molar-refractivity contribution is -0.123. The van der Waals surface area contributed by atoms with Crippen molar-refractivity contribution in [2.24, 2.45) is 0 Å². The Labute approximate surface area is 142 Å². The maximum absolute atomic E-state index is 12.4. The lowest BCUT2D eigenvalue weighted by Crippen LogP contribution is -2.47. The number of carbonyl (C=O) groups is 1. The van der Waals surface area contributed by atoms with E-state index < -0.39 is 0 Å². The summed E-state index contributed by atoms with van der Waals surface area (Å²) in [5, 5.41) is 6.29. The van der Waals surface area contributed by atoms with E-state index in [4.69, 9.17) is 9.47 Å². The average molecular weight is 326 g/mol. The molecule has 0 saturated heterocycles. The predicted molar refractivity (Wildman–Crippen MR) is 92.2 cm³/mol. The fourth-order valence-corrected chi connectivity index (χ4v) is 2.94. The smallest absolute Gasteiger partial charge is 0.237 e. The molecule has 2 aromatic rings. The van der Waals surface area contributed by atoms with Crippen LogP contribution >= 0.6 is 0 Å². The maximum atomic E-state index is 12.4. The van der Waals surface area contributed by atoms with E-state index >= 15 is 0 Å². The van der Waals surface area contributed by atoms with Crippen LogP contribution in [0.3, 0.4) is 0 Å². The first kappa shape index (κ1) is 16.3. The van der Waals surface area contributed by atoms with Crippen LogP contribution in [0, 0.1) is 0 Å². The topological polar surface area (TPSA) is 59.6 Å². The van der Waals surface area contributed by atoms with Gasteiger partial charge in [-0.3, -0.25) is 4.79 Å². The third-order valence-electron chi connectivity index (χ3n) is 4.31. The lowest BCUT2D eigenvalue weighted by Gasteiger charge is -2.25. The molecule has 0 unspecified atom stereocenters. The maximum Gasteiger partial charge on any atom is 0.237 e. The second-order valence-corrected chi connectivity index (χ2v) is 5.81. The van der Waals surface area contributed by atoms with Gasteiger partial charge in [0.15, 0.2) is 11.5 Å². The van der Waals surface area contributed by atoms with Crippen molar-refractivity contribution < 1.29 is 14.3 Å². The van der Waals surface area contributed by atoms with E-state index in [0.29, 0.717) is 24.5 Å². The van der Waals surface area contributed by atoms with Crippen LogP contribution < -0.4 is 20.1 Å². The van der Waals surface area contributed by atoms with Gasteiger partial charge in [-0.25, -0.2) is 0 Å². The van der Waals surface area contributed by atoms with Gasteiger partial charge in [0.1, 0.15) is 0 Å². The number of nitrogens with one attached hydrogen (secondary N) is 2. The van der Waals surface area contributed by atoms with Crippen LogP contribution in [0.5, 0.6) is 11.5 Å². The molecule has 1 amide bonds. The Bertz CT molecular complexity index is 730. The summed E-state index contributed by atoms with van der Waals surface area (Å²) >= 11 is 0. The van der Waals surface area contributed by atoms with Crippen molar-refractivity contribution in [1.82, 2.24) is 10.6 Å². The molecule has 0 saturated carbocycles. The van der Waals surface area contributed by atoms with E-state index in [0.717, 1.165) is 12.1 Å². The summed E-state index contributed by atoms with van der Waals surface area (Å²) in [6, 6.07) is 13.7. The molecule has 2 aromatic carbocycles. The highest BCUT2D eigenvalue weighted by Gasteiger charge is 2.23. The Morgan fingerprint density at radius 1 is 1.12 bits per heavy atom. The molecule has 126 valence electrons. The first-order valence-electron chi connectivity index (χ1n) is 8.00. The van der Waals surface area contributed by atoms with Crippen molar-refractivity contribution in [3.05, 3.63) is 59.2 Å². The van der Waals surface area contributed by atoms with Crippen LogP contribution in [0.25, 0.3) is 0 Å². The molecule has 0 aliphatic carbocycles. The fraction of sp³-hybridized carbons (Fsp3) is 0.316. The normalized spacial score (nSPS) is 16.2. The quantitative estimate of drug-likeness (QED) is 0.883. The molecular weight excluding hydrogens is 304 g/mol. The molecule has 1 aliphatic rings. The van der Waals surface area contributed by atoms with Crippen molar-refractivity contribution in [3.63, 3.8) is 0 Å². The molecule has 5 heteroatoms. The van der Waals surface area contributed by atoms with E-state index in [1.54, 1.807) is 14.2 Å². The predicted octanol–water partition coefficient (Wildman–Crippen LogP) is 2.03. The summed E-state index contributed by atoms with van der Waals surface area (Å²) in [5.41, 5.74) is 3.47.